The van der Waals surface area contributed by atoms with Crippen molar-refractivity contribution < 1.29 is 14.3 Å². The number of ether oxygens (including phenoxy) is 1. The summed E-state index contributed by atoms with van der Waals surface area (Å²) in [7, 11) is 0. The van der Waals surface area contributed by atoms with Crippen LogP contribution >= 0.6 is 27.3 Å². The van der Waals surface area contributed by atoms with Gasteiger partial charge in [0.1, 0.15) is 5.82 Å². The maximum absolute atomic E-state index is 12.0. The minimum absolute atomic E-state index is 0.103. The van der Waals surface area contributed by atoms with Crippen LogP contribution in [-0.4, -0.2) is 48.6 Å². The van der Waals surface area contributed by atoms with Crippen LogP contribution in [-0.2, 0) is 9.53 Å². The molecule has 0 aliphatic carbocycles. The minimum atomic E-state index is -0.304. The van der Waals surface area contributed by atoms with Crippen molar-refractivity contribution in [2.75, 3.05) is 29.9 Å². The lowest BCUT2D eigenvalue weighted by molar-refractivity contribution is -0.115. The van der Waals surface area contributed by atoms with E-state index in [9.17, 15) is 9.59 Å². The van der Waals surface area contributed by atoms with Crippen LogP contribution in [0.2, 0.25) is 0 Å². The van der Waals surface area contributed by atoms with Crippen LogP contribution in [0.1, 0.15) is 23.5 Å². The number of hydrogen-bond donors (Lipinski definition) is 2. The van der Waals surface area contributed by atoms with Gasteiger partial charge in [0.15, 0.2) is 0 Å². The number of nitrogens with zero attached hydrogens (tertiary/aromatic N) is 2. The van der Waals surface area contributed by atoms with E-state index in [0.717, 1.165) is 22.7 Å². The highest BCUT2D eigenvalue weighted by atomic mass is 79.9. The molecule has 0 radical (unpaired) electrons. The molecular formula is C18H21BrN4O3S. The first-order chi connectivity index (χ1) is 12.9. The second-order valence-corrected chi connectivity index (χ2v) is 8.86. The van der Waals surface area contributed by atoms with Crippen molar-refractivity contribution in [1.82, 2.24) is 10.3 Å². The van der Waals surface area contributed by atoms with E-state index in [1.54, 1.807) is 18.3 Å². The smallest absolute Gasteiger partial charge is 0.261 e. The first-order valence-corrected chi connectivity index (χ1v) is 10.2. The molecule has 3 heterocycles. The first-order valence-electron chi connectivity index (χ1n) is 8.60. The zero-order valence-corrected chi connectivity index (χ0v) is 17.5. The molecule has 1 aliphatic rings. The maximum atomic E-state index is 12.0. The van der Waals surface area contributed by atoms with Crippen molar-refractivity contribution in [2.45, 2.75) is 26.1 Å². The quantitative estimate of drug-likeness (QED) is 0.728. The molecule has 1 aliphatic heterocycles. The number of nitrogens with one attached hydrogen (secondary N) is 2. The van der Waals surface area contributed by atoms with Gasteiger partial charge >= 0.3 is 0 Å². The van der Waals surface area contributed by atoms with Crippen LogP contribution in [0.4, 0.5) is 11.5 Å². The number of carbonyl (C=O) groups is 2. The average molecular weight is 453 g/mol. The zero-order valence-electron chi connectivity index (χ0n) is 15.1. The minimum Gasteiger partial charge on any atom is -0.372 e. The Morgan fingerprint density at radius 2 is 2.00 bits per heavy atom. The molecule has 0 aromatic carbocycles. The van der Waals surface area contributed by atoms with Gasteiger partial charge in [-0.15, -0.1) is 11.3 Å². The van der Waals surface area contributed by atoms with Crippen molar-refractivity contribution in [2.24, 2.45) is 0 Å². The summed E-state index contributed by atoms with van der Waals surface area (Å²) < 4.78 is 6.60. The van der Waals surface area contributed by atoms with E-state index in [4.69, 9.17) is 4.74 Å². The molecule has 7 nitrogen and oxygen atoms in total. The van der Waals surface area contributed by atoms with E-state index < -0.39 is 0 Å². The highest BCUT2D eigenvalue weighted by Crippen LogP contribution is 2.22. The third-order valence-corrected chi connectivity index (χ3v) is 5.60. The van der Waals surface area contributed by atoms with Gasteiger partial charge in [-0.25, -0.2) is 4.98 Å². The normalized spacial score (nSPS) is 19.6. The summed E-state index contributed by atoms with van der Waals surface area (Å²) in [6, 6.07) is 7.19. The zero-order chi connectivity index (χ0) is 19.4. The molecule has 1 fully saturated rings. The first kappa shape index (κ1) is 19.8. The number of amides is 2. The van der Waals surface area contributed by atoms with Crippen molar-refractivity contribution in [3.63, 3.8) is 0 Å². The number of anilines is 2. The highest BCUT2D eigenvalue weighted by molar-refractivity contribution is 9.11. The lowest BCUT2D eigenvalue weighted by Crippen LogP contribution is -2.45. The van der Waals surface area contributed by atoms with Crippen LogP contribution < -0.4 is 15.5 Å². The molecule has 2 aromatic heterocycles. The van der Waals surface area contributed by atoms with Crippen LogP contribution in [0, 0.1) is 0 Å². The van der Waals surface area contributed by atoms with Gasteiger partial charge in [-0.05, 0) is 54.0 Å². The Bertz CT molecular complexity index is 801. The van der Waals surface area contributed by atoms with Gasteiger partial charge in [0, 0.05) is 13.1 Å². The molecule has 27 heavy (non-hydrogen) atoms. The Labute approximate surface area is 170 Å². The molecule has 3 rings (SSSR count). The lowest BCUT2D eigenvalue weighted by atomic mass is 10.2. The van der Waals surface area contributed by atoms with Crippen molar-refractivity contribution in [1.29, 1.82) is 0 Å². The summed E-state index contributed by atoms with van der Waals surface area (Å²) in [5.41, 5.74) is 0.589. The summed E-state index contributed by atoms with van der Waals surface area (Å²) in [4.78, 5) is 31.2. The van der Waals surface area contributed by atoms with E-state index in [0.29, 0.717) is 10.6 Å². The van der Waals surface area contributed by atoms with E-state index in [1.807, 2.05) is 26.0 Å². The van der Waals surface area contributed by atoms with Crippen LogP contribution in [0.3, 0.4) is 0 Å². The summed E-state index contributed by atoms with van der Waals surface area (Å²) >= 11 is 4.62. The van der Waals surface area contributed by atoms with E-state index in [2.05, 4.69) is 36.4 Å². The fraction of sp³-hybridized carbons (Fsp3) is 0.389. The number of carbonyl (C=O) groups excluding carboxylic acids is 2. The van der Waals surface area contributed by atoms with Gasteiger partial charge in [-0.2, -0.15) is 0 Å². The molecule has 0 spiro atoms. The van der Waals surface area contributed by atoms with Crippen LogP contribution in [0.5, 0.6) is 0 Å². The third kappa shape index (κ3) is 5.50. The standard InChI is InChI=1S/C18H21BrN4O3S/c1-11-9-23(10-12(2)26-11)16-6-3-13(7-20-16)22-17(24)8-21-18(25)14-4-5-15(19)27-14/h3-7,11-12H,8-10H2,1-2H3,(H,21,25)(H,22,24). The molecule has 0 saturated carbocycles. The summed E-state index contributed by atoms with van der Waals surface area (Å²) in [6.45, 7) is 5.55. The molecule has 2 atom stereocenters. The Hall–Kier alpha value is -1.97. The van der Waals surface area contributed by atoms with Gasteiger partial charge in [-0.1, -0.05) is 0 Å². The predicted molar refractivity (Wildman–Crippen MR) is 109 cm³/mol. The van der Waals surface area contributed by atoms with Gasteiger partial charge in [0.25, 0.3) is 5.91 Å². The van der Waals surface area contributed by atoms with Gasteiger partial charge < -0.3 is 20.3 Å². The fourth-order valence-electron chi connectivity index (χ4n) is 2.90. The van der Waals surface area contributed by atoms with E-state index in [1.165, 1.54) is 11.3 Å². The average Bonchev–Trinajstić information content (AvgIpc) is 3.06. The van der Waals surface area contributed by atoms with Gasteiger partial charge in [-0.3, -0.25) is 9.59 Å². The largest absolute Gasteiger partial charge is 0.372 e. The Kier molecular flexibility index (Phi) is 6.46. The lowest BCUT2D eigenvalue weighted by Gasteiger charge is -2.36. The highest BCUT2D eigenvalue weighted by Gasteiger charge is 2.23. The summed E-state index contributed by atoms with van der Waals surface area (Å²) in [6.07, 6.45) is 1.93. The monoisotopic (exact) mass is 452 g/mol. The number of hydrogen-bond acceptors (Lipinski definition) is 6. The molecule has 2 unspecified atom stereocenters. The Morgan fingerprint density at radius 3 is 2.59 bits per heavy atom. The number of morpholine rings is 1. The van der Waals surface area contributed by atoms with Gasteiger partial charge in [0.2, 0.25) is 5.91 Å². The fourth-order valence-corrected chi connectivity index (χ4v) is 4.20. The Balaban J connectivity index is 1.50. The van der Waals surface area contributed by atoms with Crippen LogP contribution in [0.15, 0.2) is 34.2 Å². The van der Waals surface area contributed by atoms with E-state index >= 15 is 0 Å². The number of rotatable bonds is 5. The summed E-state index contributed by atoms with van der Waals surface area (Å²) in [5, 5.41) is 5.34. The molecule has 2 amide bonds. The van der Waals surface area contributed by atoms with Gasteiger partial charge in [0.05, 0.1) is 39.3 Å². The third-order valence-electron chi connectivity index (χ3n) is 3.98. The summed E-state index contributed by atoms with van der Waals surface area (Å²) in [5.74, 6) is 0.276. The molecular weight excluding hydrogens is 432 g/mol. The predicted octanol–water partition coefficient (Wildman–Crippen LogP) is 2.89. The Morgan fingerprint density at radius 1 is 1.26 bits per heavy atom. The SMILES string of the molecule is CC1CN(c2ccc(NC(=O)CNC(=O)c3ccc(Br)s3)cn2)CC(C)O1. The number of halogens is 1. The molecule has 1 saturated heterocycles. The van der Waals surface area contributed by atoms with Crippen molar-refractivity contribution >= 4 is 50.6 Å². The second kappa shape index (κ2) is 8.81. The van der Waals surface area contributed by atoms with E-state index in [-0.39, 0.29) is 30.6 Å². The number of aromatic nitrogens is 1. The second-order valence-electron chi connectivity index (χ2n) is 6.40. The molecule has 9 heteroatoms. The topological polar surface area (TPSA) is 83.6 Å². The molecule has 2 aromatic rings. The number of thiophene rings is 1. The molecule has 0 bridgehead atoms. The molecule has 144 valence electrons. The number of pyridine rings is 1. The molecule has 2 N–H and O–H groups in total. The van der Waals surface area contributed by atoms with Crippen molar-refractivity contribution in [3.8, 4) is 0 Å². The van der Waals surface area contributed by atoms with Crippen molar-refractivity contribution in [3.05, 3.63) is 39.1 Å². The maximum Gasteiger partial charge on any atom is 0.261 e. The van der Waals surface area contributed by atoms with Crippen LogP contribution in [0.25, 0.3) is 0 Å².